The number of carbonyl (C=O) groups excluding carboxylic acids is 2. The van der Waals surface area contributed by atoms with E-state index >= 15 is 0 Å². The first-order valence-electron chi connectivity index (χ1n) is 5.90. The predicted molar refractivity (Wildman–Crippen MR) is 69.1 cm³/mol. The number of carbonyl (C=O) groups is 2. The zero-order chi connectivity index (χ0) is 14.3. The minimum absolute atomic E-state index is 0.162. The summed E-state index contributed by atoms with van der Waals surface area (Å²) in [6.07, 6.45) is 0.162. The summed E-state index contributed by atoms with van der Waals surface area (Å²) in [6, 6.07) is 9.73. The van der Waals surface area contributed by atoms with Crippen LogP contribution in [0.4, 0.5) is 0 Å². The van der Waals surface area contributed by atoms with Crippen LogP contribution in [0.5, 0.6) is 0 Å². The maximum Gasteiger partial charge on any atom is 0.328 e. The molecule has 1 N–H and O–H groups in total. The molecule has 1 rings (SSSR count). The Kier molecular flexibility index (Phi) is 5.55. The molecule has 0 spiro atoms. The SMILES string of the molecule is COC(=O)[C@@H](NC(=O)c1ccccc1)[C@@H](C)CC#N. The zero-order valence-electron chi connectivity index (χ0n) is 10.9. The zero-order valence-corrected chi connectivity index (χ0v) is 10.9. The van der Waals surface area contributed by atoms with Crippen LogP contribution in [-0.2, 0) is 9.53 Å². The lowest BCUT2D eigenvalue weighted by molar-refractivity contribution is -0.144. The van der Waals surface area contributed by atoms with Gasteiger partial charge in [-0.05, 0) is 12.1 Å². The average Bonchev–Trinajstić information content (AvgIpc) is 2.44. The third kappa shape index (κ3) is 4.11. The molecule has 5 nitrogen and oxygen atoms in total. The third-order valence-electron chi connectivity index (χ3n) is 2.76. The van der Waals surface area contributed by atoms with Gasteiger partial charge in [-0.25, -0.2) is 4.79 Å². The summed E-state index contributed by atoms with van der Waals surface area (Å²) in [5.41, 5.74) is 0.459. The first-order valence-corrected chi connectivity index (χ1v) is 5.90. The largest absolute Gasteiger partial charge is 0.467 e. The molecule has 0 unspecified atom stereocenters. The fraction of sp³-hybridized carbons (Fsp3) is 0.357. The van der Waals surface area contributed by atoms with E-state index < -0.39 is 12.0 Å². The molecule has 0 aromatic heterocycles. The summed E-state index contributed by atoms with van der Waals surface area (Å²) in [7, 11) is 1.25. The van der Waals surface area contributed by atoms with Crippen LogP contribution in [0.2, 0.25) is 0 Å². The molecule has 0 saturated heterocycles. The van der Waals surface area contributed by atoms with Gasteiger partial charge in [-0.2, -0.15) is 5.26 Å². The van der Waals surface area contributed by atoms with E-state index in [0.717, 1.165) is 0 Å². The second kappa shape index (κ2) is 7.17. The van der Waals surface area contributed by atoms with Gasteiger partial charge in [0.15, 0.2) is 0 Å². The standard InChI is InChI=1S/C14H16N2O3/c1-10(8-9-15)12(14(18)19-2)16-13(17)11-6-4-3-5-7-11/h3-7,10,12H,8H2,1-2H3,(H,16,17)/t10-,12-/m0/s1. The lowest BCUT2D eigenvalue weighted by Gasteiger charge is -2.21. The summed E-state index contributed by atoms with van der Waals surface area (Å²) in [4.78, 5) is 23.6. The second-order valence-corrected chi connectivity index (χ2v) is 4.18. The number of methoxy groups -OCH3 is 1. The van der Waals surface area contributed by atoms with Crippen molar-refractivity contribution in [2.75, 3.05) is 7.11 Å². The van der Waals surface area contributed by atoms with E-state index in [1.165, 1.54) is 7.11 Å². The molecule has 1 amide bonds. The van der Waals surface area contributed by atoms with Crippen molar-refractivity contribution in [3.63, 3.8) is 0 Å². The molecule has 1 aromatic carbocycles. The van der Waals surface area contributed by atoms with Crippen molar-refractivity contribution in [1.82, 2.24) is 5.32 Å². The maximum absolute atomic E-state index is 12.0. The van der Waals surface area contributed by atoms with Crippen molar-refractivity contribution in [3.8, 4) is 6.07 Å². The van der Waals surface area contributed by atoms with Crippen LogP contribution < -0.4 is 5.32 Å². The fourth-order valence-corrected chi connectivity index (χ4v) is 1.64. The normalized spacial score (nSPS) is 12.9. The number of amides is 1. The number of ether oxygens (including phenoxy) is 1. The molecule has 100 valence electrons. The third-order valence-corrected chi connectivity index (χ3v) is 2.76. The number of nitriles is 1. The van der Waals surface area contributed by atoms with E-state index in [0.29, 0.717) is 5.56 Å². The number of nitrogens with zero attached hydrogens (tertiary/aromatic N) is 1. The van der Waals surface area contributed by atoms with Gasteiger partial charge in [0, 0.05) is 17.9 Å². The van der Waals surface area contributed by atoms with Crippen molar-refractivity contribution >= 4 is 11.9 Å². The lowest BCUT2D eigenvalue weighted by atomic mass is 9.98. The van der Waals surface area contributed by atoms with Gasteiger partial charge in [0.1, 0.15) is 6.04 Å². The monoisotopic (exact) mass is 260 g/mol. The molecule has 0 aliphatic rings. The fourth-order valence-electron chi connectivity index (χ4n) is 1.64. The van der Waals surface area contributed by atoms with E-state index in [4.69, 9.17) is 5.26 Å². The molecule has 0 aliphatic heterocycles. The maximum atomic E-state index is 12.0. The Morgan fingerprint density at radius 1 is 1.37 bits per heavy atom. The highest BCUT2D eigenvalue weighted by Crippen LogP contribution is 2.10. The molecule has 2 atom stereocenters. The molecular formula is C14H16N2O3. The van der Waals surface area contributed by atoms with Gasteiger partial charge in [0.2, 0.25) is 0 Å². The van der Waals surface area contributed by atoms with Crippen LogP contribution >= 0.6 is 0 Å². The van der Waals surface area contributed by atoms with Gasteiger partial charge in [-0.1, -0.05) is 25.1 Å². The molecule has 5 heteroatoms. The quantitative estimate of drug-likeness (QED) is 0.814. The average molecular weight is 260 g/mol. The van der Waals surface area contributed by atoms with E-state index in [9.17, 15) is 9.59 Å². The van der Waals surface area contributed by atoms with Crippen molar-refractivity contribution in [1.29, 1.82) is 5.26 Å². The highest BCUT2D eigenvalue weighted by atomic mass is 16.5. The number of esters is 1. The van der Waals surface area contributed by atoms with Crippen LogP contribution in [0.15, 0.2) is 30.3 Å². The minimum atomic E-state index is -0.822. The van der Waals surface area contributed by atoms with E-state index in [1.54, 1.807) is 37.3 Å². The molecule has 0 saturated carbocycles. The highest BCUT2D eigenvalue weighted by Gasteiger charge is 2.27. The molecule has 19 heavy (non-hydrogen) atoms. The summed E-state index contributed by atoms with van der Waals surface area (Å²) in [6.45, 7) is 1.72. The lowest BCUT2D eigenvalue weighted by Crippen LogP contribution is -2.45. The molecule has 1 aromatic rings. The first-order chi connectivity index (χ1) is 9.10. The van der Waals surface area contributed by atoms with Crippen LogP contribution in [0.1, 0.15) is 23.7 Å². The molecule has 0 heterocycles. The summed E-state index contributed by atoms with van der Waals surface area (Å²) in [5.74, 6) is -1.22. The number of benzene rings is 1. The Morgan fingerprint density at radius 2 is 2.00 bits per heavy atom. The van der Waals surface area contributed by atoms with Gasteiger partial charge in [-0.15, -0.1) is 0 Å². The minimum Gasteiger partial charge on any atom is -0.467 e. The molecule has 0 aliphatic carbocycles. The van der Waals surface area contributed by atoms with Crippen LogP contribution in [0.25, 0.3) is 0 Å². The van der Waals surface area contributed by atoms with Crippen LogP contribution in [0, 0.1) is 17.2 Å². The smallest absolute Gasteiger partial charge is 0.328 e. The van der Waals surface area contributed by atoms with Crippen LogP contribution in [-0.4, -0.2) is 25.0 Å². The number of hydrogen-bond donors (Lipinski definition) is 1. The van der Waals surface area contributed by atoms with E-state index in [1.807, 2.05) is 6.07 Å². The molecule has 0 radical (unpaired) electrons. The predicted octanol–water partition coefficient (Wildman–Crippen LogP) is 1.51. The van der Waals surface area contributed by atoms with E-state index in [-0.39, 0.29) is 18.2 Å². The van der Waals surface area contributed by atoms with Gasteiger partial charge in [-0.3, -0.25) is 4.79 Å². The van der Waals surface area contributed by atoms with Gasteiger partial charge in [0.25, 0.3) is 5.91 Å². The van der Waals surface area contributed by atoms with Crippen LogP contribution in [0.3, 0.4) is 0 Å². The van der Waals surface area contributed by atoms with Crippen molar-refractivity contribution in [2.24, 2.45) is 5.92 Å². The molecule has 0 bridgehead atoms. The summed E-state index contributed by atoms with van der Waals surface area (Å²) < 4.78 is 4.65. The highest BCUT2D eigenvalue weighted by molar-refractivity contribution is 5.96. The Bertz CT molecular complexity index is 479. The van der Waals surface area contributed by atoms with Gasteiger partial charge >= 0.3 is 5.97 Å². The summed E-state index contributed by atoms with van der Waals surface area (Å²) >= 11 is 0. The topological polar surface area (TPSA) is 79.2 Å². The number of rotatable bonds is 5. The Labute approximate surface area is 112 Å². The summed E-state index contributed by atoms with van der Waals surface area (Å²) in [5, 5.41) is 11.3. The van der Waals surface area contributed by atoms with Crippen molar-refractivity contribution < 1.29 is 14.3 Å². The second-order valence-electron chi connectivity index (χ2n) is 4.18. The Hall–Kier alpha value is -2.35. The van der Waals surface area contributed by atoms with Gasteiger partial charge < -0.3 is 10.1 Å². The number of nitrogens with one attached hydrogen (secondary N) is 1. The van der Waals surface area contributed by atoms with Crippen molar-refractivity contribution in [3.05, 3.63) is 35.9 Å². The van der Waals surface area contributed by atoms with Gasteiger partial charge in [0.05, 0.1) is 13.2 Å². The first kappa shape index (κ1) is 14.7. The molecule has 0 fully saturated rings. The Balaban J connectivity index is 2.81. The van der Waals surface area contributed by atoms with Crippen molar-refractivity contribution in [2.45, 2.75) is 19.4 Å². The Morgan fingerprint density at radius 3 is 2.53 bits per heavy atom. The molecular weight excluding hydrogens is 244 g/mol. The number of hydrogen-bond acceptors (Lipinski definition) is 4. The van der Waals surface area contributed by atoms with E-state index in [2.05, 4.69) is 10.1 Å².